The molecule has 3 N–H and O–H groups in total. The van der Waals surface area contributed by atoms with Crippen LogP contribution in [0, 0.1) is 5.82 Å². The minimum Gasteiger partial charge on any atom is -0.486 e. The molecule has 2 aromatic carbocycles. The summed E-state index contributed by atoms with van der Waals surface area (Å²) in [7, 11) is 0. The van der Waals surface area contributed by atoms with Gasteiger partial charge in [-0.05, 0) is 24.3 Å². The van der Waals surface area contributed by atoms with Crippen molar-refractivity contribution in [3.8, 4) is 5.75 Å². The first-order chi connectivity index (χ1) is 13.8. The van der Waals surface area contributed by atoms with Gasteiger partial charge in [-0.3, -0.25) is 0 Å². The number of hydrogen-bond acceptors (Lipinski definition) is 6. The number of aromatic nitrogens is 2. The molecule has 6 nitrogen and oxygen atoms in total. The Bertz CT molecular complexity index is 1050. The topological polar surface area (TPSA) is 82.3 Å². The lowest BCUT2D eigenvalue weighted by Gasteiger charge is -2.18. The van der Waals surface area contributed by atoms with Crippen LogP contribution < -0.4 is 15.8 Å². The Hall–Kier alpha value is -3.14. The van der Waals surface area contributed by atoms with Gasteiger partial charge in [-0.2, -0.15) is 13.2 Å². The van der Waals surface area contributed by atoms with E-state index in [1.807, 2.05) is 0 Å². The molecule has 0 saturated carbocycles. The lowest BCUT2D eigenvalue weighted by atomic mass is 10.1. The Morgan fingerprint density at radius 2 is 2.00 bits per heavy atom. The first-order valence-electron chi connectivity index (χ1n) is 8.73. The summed E-state index contributed by atoms with van der Waals surface area (Å²) < 4.78 is 65.5. The fourth-order valence-corrected chi connectivity index (χ4v) is 3.14. The van der Waals surface area contributed by atoms with Crippen LogP contribution >= 0.6 is 0 Å². The predicted octanol–water partition coefficient (Wildman–Crippen LogP) is 4.28. The molecule has 0 radical (unpaired) electrons. The molecular weight excluding hydrogens is 392 g/mol. The molecule has 2 heterocycles. The highest BCUT2D eigenvalue weighted by Crippen LogP contribution is 2.40. The van der Waals surface area contributed by atoms with Gasteiger partial charge in [0.1, 0.15) is 29.8 Å². The first-order valence-corrected chi connectivity index (χ1v) is 8.73. The van der Waals surface area contributed by atoms with Crippen LogP contribution in [0.1, 0.15) is 12.0 Å². The van der Waals surface area contributed by atoms with Crippen LogP contribution in [0.5, 0.6) is 5.75 Å². The second-order valence-corrected chi connectivity index (χ2v) is 6.55. The summed E-state index contributed by atoms with van der Waals surface area (Å²) >= 11 is 0. The molecule has 0 amide bonds. The summed E-state index contributed by atoms with van der Waals surface area (Å²) in [5, 5.41) is 2.58. The number of rotatable bonds is 4. The second kappa shape index (κ2) is 7.36. The van der Waals surface area contributed by atoms with Gasteiger partial charge in [0.05, 0.1) is 35.4 Å². The molecular formula is C19H16F4N4O2. The smallest absolute Gasteiger partial charge is 0.417 e. The molecule has 1 aliphatic rings. The van der Waals surface area contributed by atoms with Gasteiger partial charge in [0.15, 0.2) is 0 Å². The Kier molecular flexibility index (Phi) is 4.87. The zero-order valence-electron chi connectivity index (χ0n) is 15.0. The van der Waals surface area contributed by atoms with Crippen LogP contribution in [0.25, 0.3) is 10.9 Å². The minimum absolute atomic E-state index is 0.0311. The molecule has 0 spiro atoms. The van der Waals surface area contributed by atoms with Crippen LogP contribution in [0.4, 0.5) is 34.8 Å². The van der Waals surface area contributed by atoms with Crippen molar-refractivity contribution in [3.63, 3.8) is 0 Å². The third kappa shape index (κ3) is 4.02. The lowest BCUT2D eigenvalue weighted by Crippen LogP contribution is -2.16. The summed E-state index contributed by atoms with van der Waals surface area (Å²) in [4.78, 5) is 7.86. The van der Waals surface area contributed by atoms with E-state index in [4.69, 9.17) is 15.2 Å². The maximum Gasteiger partial charge on any atom is 0.417 e. The predicted molar refractivity (Wildman–Crippen MR) is 98.5 cm³/mol. The van der Waals surface area contributed by atoms with E-state index in [0.29, 0.717) is 19.6 Å². The van der Waals surface area contributed by atoms with Crippen molar-refractivity contribution in [1.29, 1.82) is 0 Å². The molecule has 1 atom stereocenters. The second-order valence-electron chi connectivity index (χ2n) is 6.55. The van der Waals surface area contributed by atoms with Crippen molar-refractivity contribution in [3.05, 3.63) is 48.0 Å². The molecule has 4 rings (SSSR count). The maximum atomic E-state index is 13.8. The molecule has 10 heteroatoms. The van der Waals surface area contributed by atoms with Gasteiger partial charge in [0, 0.05) is 18.2 Å². The van der Waals surface area contributed by atoms with E-state index in [0.717, 1.165) is 18.5 Å². The molecule has 1 saturated heterocycles. The highest BCUT2D eigenvalue weighted by Gasteiger charge is 2.34. The number of ether oxygens (including phenoxy) is 2. The van der Waals surface area contributed by atoms with Crippen LogP contribution in [0.3, 0.4) is 0 Å². The summed E-state index contributed by atoms with van der Waals surface area (Å²) in [5.74, 6) is -0.488. The highest BCUT2D eigenvalue weighted by atomic mass is 19.4. The SMILES string of the molecule is Nc1cc(C(F)(F)F)c2c(Nc3ccc(F)cc3OC3CCOC3)ncnc2c1. The minimum atomic E-state index is -4.67. The standard InChI is InChI=1S/C19H16F4N4O2/c20-10-1-2-14(16(5-10)29-12-3-4-28-8-12)27-18-17-13(19(21,22)23)6-11(24)7-15(17)25-9-26-18/h1-2,5-7,9,12H,3-4,8,24H2,(H,25,26,27). The van der Waals surface area contributed by atoms with Crippen molar-refractivity contribution in [2.75, 3.05) is 24.3 Å². The number of halogens is 4. The van der Waals surface area contributed by atoms with E-state index in [1.165, 1.54) is 18.2 Å². The average Bonchev–Trinajstić information content (AvgIpc) is 3.15. The zero-order chi connectivity index (χ0) is 20.6. The van der Waals surface area contributed by atoms with Crippen molar-refractivity contribution < 1.29 is 27.0 Å². The number of anilines is 3. The zero-order valence-corrected chi connectivity index (χ0v) is 15.0. The maximum absolute atomic E-state index is 13.8. The molecule has 1 aliphatic heterocycles. The van der Waals surface area contributed by atoms with Gasteiger partial charge in [-0.1, -0.05) is 0 Å². The Morgan fingerprint density at radius 1 is 1.17 bits per heavy atom. The van der Waals surface area contributed by atoms with Crippen LogP contribution in [-0.2, 0) is 10.9 Å². The van der Waals surface area contributed by atoms with E-state index in [-0.39, 0.29) is 39.9 Å². The van der Waals surface area contributed by atoms with E-state index < -0.39 is 17.6 Å². The summed E-state index contributed by atoms with van der Waals surface area (Å²) in [5.41, 5.74) is 4.86. The molecule has 0 aliphatic carbocycles. The largest absolute Gasteiger partial charge is 0.486 e. The third-order valence-electron chi connectivity index (χ3n) is 4.44. The van der Waals surface area contributed by atoms with Gasteiger partial charge >= 0.3 is 6.18 Å². The van der Waals surface area contributed by atoms with Gasteiger partial charge < -0.3 is 20.5 Å². The monoisotopic (exact) mass is 408 g/mol. The Morgan fingerprint density at radius 3 is 2.72 bits per heavy atom. The normalized spacial score (nSPS) is 16.9. The fraction of sp³-hybridized carbons (Fsp3) is 0.263. The quantitative estimate of drug-likeness (QED) is 0.495. The van der Waals surface area contributed by atoms with Gasteiger partial charge in [-0.15, -0.1) is 0 Å². The molecule has 0 bridgehead atoms. The molecule has 1 aromatic heterocycles. The summed E-state index contributed by atoms with van der Waals surface area (Å²) in [6.07, 6.45) is -3.19. The number of hydrogen-bond donors (Lipinski definition) is 2. The number of nitrogens with zero attached hydrogens (tertiary/aromatic N) is 2. The van der Waals surface area contributed by atoms with E-state index in [1.54, 1.807) is 0 Å². The van der Waals surface area contributed by atoms with Crippen molar-refractivity contribution in [2.45, 2.75) is 18.7 Å². The van der Waals surface area contributed by atoms with Crippen LogP contribution in [-0.4, -0.2) is 29.3 Å². The van der Waals surface area contributed by atoms with Crippen molar-refractivity contribution in [2.24, 2.45) is 0 Å². The molecule has 1 unspecified atom stereocenters. The van der Waals surface area contributed by atoms with E-state index in [9.17, 15) is 17.6 Å². The van der Waals surface area contributed by atoms with Crippen molar-refractivity contribution in [1.82, 2.24) is 9.97 Å². The molecule has 152 valence electrons. The third-order valence-corrected chi connectivity index (χ3v) is 4.44. The number of nitrogen functional groups attached to an aromatic ring is 1. The van der Waals surface area contributed by atoms with Gasteiger partial charge in [0.2, 0.25) is 0 Å². The fourth-order valence-electron chi connectivity index (χ4n) is 3.14. The number of nitrogens with two attached hydrogens (primary N) is 1. The number of benzene rings is 2. The van der Waals surface area contributed by atoms with Gasteiger partial charge in [0.25, 0.3) is 0 Å². The molecule has 1 fully saturated rings. The molecule has 29 heavy (non-hydrogen) atoms. The first kappa shape index (κ1) is 19.2. The lowest BCUT2D eigenvalue weighted by molar-refractivity contribution is -0.136. The average molecular weight is 408 g/mol. The number of nitrogens with one attached hydrogen (secondary N) is 1. The van der Waals surface area contributed by atoms with Crippen LogP contribution in [0.2, 0.25) is 0 Å². The van der Waals surface area contributed by atoms with Crippen LogP contribution in [0.15, 0.2) is 36.7 Å². The summed E-state index contributed by atoms with van der Waals surface area (Å²) in [6, 6.07) is 5.86. The highest BCUT2D eigenvalue weighted by molar-refractivity contribution is 5.96. The number of fused-ring (bicyclic) bond motifs is 1. The Labute approximate surface area is 162 Å². The van der Waals surface area contributed by atoms with E-state index in [2.05, 4.69) is 15.3 Å². The van der Waals surface area contributed by atoms with Gasteiger partial charge in [-0.25, -0.2) is 14.4 Å². The van der Waals surface area contributed by atoms with E-state index >= 15 is 0 Å². The summed E-state index contributed by atoms with van der Waals surface area (Å²) in [6.45, 7) is 0.875. The Balaban J connectivity index is 1.79. The molecule has 3 aromatic rings. The van der Waals surface area contributed by atoms with Crippen molar-refractivity contribution >= 4 is 28.1 Å². The number of alkyl halides is 3.